The van der Waals surface area contributed by atoms with Crippen molar-refractivity contribution in [1.82, 2.24) is 19.9 Å². The van der Waals surface area contributed by atoms with Crippen LogP contribution in [0.3, 0.4) is 0 Å². The molecule has 0 bridgehead atoms. The van der Waals surface area contributed by atoms with Crippen molar-refractivity contribution in [3.05, 3.63) is 102 Å². The lowest BCUT2D eigenvalue weighted by Gasteiger charge is -2.10. The van der Waals surface area contributed by atoms with Gasteiger partial charge in [-0.2, -0.15) is 0 Å². The van der Waals surface area contributed by atoms with E-state index in [0.29, 0.717) is 33.6 Å². The minimum Gasteiger partial charge on any atom is -0.508 e. The van der Waals surface area contributed by atoms with Crippen molar-refractivity contribution >= 4 is 0 Å². The maximum Gasteiger partial charge on any atom is 0.198 e. The molecule has 0 aliphatic heterocycles. The van der Waals surface area contributed by atoms with Crippen molar-refractivity contribution in [2.75, 3.05) is 0 Å². The Labute approximate surface area is 201 Å². The fourth-order valence-electron chi connectivity index (χ4n) is 3.44. The molecule has 2 heterocycles. The Morgan fingerprint density at radius 2 is 1.11 bits per heavy atom. The van der Waals surface area contributed by atoms with Gasteiger partial charge >= 0.3 is 0 Å². The number of rotatable bonds is 3. The molecule has 7 nitrogen and oxygen atoms in total. The van der Waals surface area contributed by atoms with E-state index in [1.165, 1.54) is 0 Å². The SMILES string of the molecule is Oc1cccc(C#Cc2cnc(-c3nc(-c4ccccc4O)cc(-c4ccccc4O)n3)nc2)c1. The number of hydrogen-bond acceptors (Lipinski definition) is 7. The fraction of sp³-hybridized carbons (Fsp3) is 0. The first-order valence-corrected chi connectivity index (χ1v) is 10.7. The number of phenols is 3. The highest BCUT2D eigenvalue weighted by Gasteiger charge is 2.15. The Morgan fingerprint density at radius 3 is 1.69 bits per heavy atom. The molecule has 168 valence electrons. The van der Waals surface area contributed by atoms with Crippen LogP contribution in [0.25, 0.3) is 34.2 Å². The molecule has 3 N–H and O–H groups in total. The predicted octanol–water partition coefficient (Wildman–Crippen LogP) is 4.78. The van der Waals surface area contributed by atoms with Crippen molar-refractivity contribution in [1.29, 1.82) is 0 Å². The lowest BCUT2D eigenvalue weighted by atomic mass is 10.1. The third-order valence-corrected chi connectivity index (χ3v) is 5.14. The second kappa shape index (κ2) is 9.33. The van der Waals surface area contributed by atoms with E-state index < -0.39 is 0 Å². The van der Waals surface area contributed by atoms with Crippen molar-refractivity contribution in [2.45, 2.75) is 0 Å². The lowest BCUT2D eigenvalue weighted by molar-refractivity contribution is 0.475. The summed E-state index contributed by atoms with van der Waals surface area (Å²) in [5.74, 6) is 6.70. The van der Waals surface area contributed by atoms with Gasteiger partial charge in [0.25, 0.3) is 0 Å². The van der Waals surface area contributed by atoms with Gasteiger partial charge in [-0.15, -0.1) is 0 Å². The van der Waals surface area contributed by atoms with Crippen molar-refractivity contribution in [2.24, 2.45) is 0 Å². The average Bonchev–Trinajstić information content (AvgIpc) is 2.88. The first-order chi connectivity index (χ1) is 17.1. The van der Waals surface area contributed by atoms with Crippen LogP contribution in [0.15, 0.2) is 91.3 Å². The highest BCUT2D eigenvalue weighted by Crippen LogP contribution is 2.33. The van der Waals surface area contributed by atoms with Crippen LogP contribution in [0.4, 0.5) is 0 Å². The topological polar surface area (TPSA) is 112 Å². The molecule has 0 atom stereocenters. The molecule has 35 heavy (non-hydrogen) atoms. The summed E-state index contributed by atoms with van der Waals surface area (Å²) < 4.78 is 0. The quantitative estimate of drug-likeness (QED) is 0.333. The summed E-state index contributed by atoms with van der Waals surface area (Å²) in [5.41, 5.74) is 3.20. The Bertz CT molecular complexity index is 1520. The first kappa shape index (κ1) is 21.6. The number of phenolic OH excluding ortho intramolecular Hbond substituents is 3. The van der Waals surface area contributed by atoms with Crippen LogP contribution in [0.5, 0.6) is 17.2 Å². The molecule has 0 aliphatic rings. The molecule has 0 unspecified atom stereocenters. The van der Waals surface area contributed by atoms with Crippen molar-refractivity contribution < 1.29 is 15.3 Å². The summed E-state index contributed by atoms with van der Waals surface area (Å²) in [7, 11) is 0. The fourth-order valence-corrected chi connectivity index (χ4v) is 3.44. The predicted molar refractivity (Wildman–Crippen MR) is 131 cm³/mol. The number of nitrogens with zero attached hydrogens (tertiary/aromatic N) is 4. The molecule has 5 rings (SSSR count). The molecule has 5 aromatic rings. The maximum atomic E-state index is 10.4. The van der Waals surface area contributed by atoms with E-state index in [-0.39, 0.29) is 28.9 Å². The Hall–Kier alpha value is -5.22. The van der Waals surface area contributed by atoms with Gasteiger partial charge in [0.1, 0.15) is 17.2 Å². The van der Waals surface area contributed by atoms with Gasteiger partial charge in [-0.1, -0.05) is 42.2 Å². The molecular formula is C28H18N4O3. The van der Waals surface area contributed by atoms with Crippen LogP contribution in [0.2, 0.25) is 0 Å². The Kier molecular flexibility index (Phi) is 5.76. The first-order valence-electron chi connectivity index (χ1n) is 10.7. The van der Waals surface area contributed by atoms with Crippen LogP contribution in [0, 0.1) is 11.8 Å². The molecule has 0 radical (unpaired) electrons. The van der Waals surface area contributed by atoms with E-state index in [1.54, 1.807) is 91.3 Å². The highest BCUT2D eigenvalue weighted by molar-refractivity contribution is 5.75. The Balaban J connectivity index is 1.56. The third-order valence-electron chi connectivity index (χ3n) is 5.14. The van der Waals surface area contributed by atoms with Gasteiger partial charge in [-0.3, -0.25) is 0 Å². The largest absolute Gasteiger partial charge is 0.508 e. The summed E-state index contributed by atoms with van der Waals surface area (Å²) in [6.07, 6.45) is 3.13. The third kappa shape index (κ3) is 4.77. The van der Waals surface area contributed by atoms with E-state index in [2.05, 4.69) is 31.8 Å². The molecule has 2 aromatic heterocycles. The number of hydrogen-bond donors (Lipinski definition) is 3. The van der Waals surface area contributed by atoms with Crippen LogP contribution in [-0.4, -0.2) is 35.3 Å². The van der Waals surface area contributed by atoms with Gasteiger partial charge in [0, 0.05) is 29.1 Å². The monoisotopic (exact) mass is 458 g/mol. The van der Waals surface area contributed by atoms with Crippen LogP contribution in [0.1, 0.15) is 11.1 Å². The molecule has 0 saturated heterocycles. The molecule has 0 aliphatic carbocycles. The van der Waals surface area contributed by atoms with E-state index in [9.17, 15) is 15.3 Å². The minimum absolute atomic E-state index is 0.0684. The minimum atomic E-state index is 0.0684. The van der Waals surface area contributed by atoms with Gasteiger partial charge in [0.05, 0.1) is 17.0 Å². The van der Waals surface area contributed by atoms with Gasteiger partial charge < -0.3 is 15.3 Å². The molecule has 0 amide bonds. The molecule has 3 aromatic carbocycles. The average molecular weight is 458 g/mol. The van der Waals surface area contributed by atoms with Crippen molar-refractivity contribution in [3.8, 4) is 63.3 Å². The maximum absolute atomic E-state index is 10.4. The standard InChI is InChI=1S/C28H18N4O3/c33-20-7-5-6-18(14-20)12-13-19-16-29-27(30-17-19)28-31-23(21-8-1-3-10-25(21)34)15-24(32-28)22-9-2-4-11-26(22)35/h1-11,14-17,33-35H. The van der Waals surface area contributed by atoms with E-state index >= 15 is 0 Å². The molecule has 0 saturated carbocycles. The van der Waals surface area contributed by atoms with E-state index in [4.69, 9.17) is 0 Å². The van der Waals surface area contributed by atoms with E-state index in [1.807, 2.05) is 0 Å². The normalized spacial score (nSPS) is 10.4. The smallest absolute Gasteiger partial charge is 0.198 e. The van der Waals surface area contributed by atoms with Crippen LogP contribution >= 0.6 is 0 Å². The number of benzene rings is 3. The second-order valence-electron chi connectivity index (χ2n) is 7.59. The molecule has 0 fully saturated rings. The van der Waals surface area contributed by atoms with Crippen LogP contribution in [-0.2, 0) is 0 Å². The van der Waals surface area contributed by atoms with Gasteiger partial charge in [-0.25, -0.2) is 19.9 Å². The zero-order valence-corrected chi connectivity index (χ0v) is 18.3. The zero-order chi connectivity index (χ0) is 24.2. The van der Waals surface area contributed by atoms with Crippen LogP contribution < -0.4 is 0 Å². The highest BCUT2D eigenvalue weighted by atomic mass is 16.3. The van der Waals surface area contributed by atoms with Crippen molar-refractivity contribution in [3.63, 3.8) is 0 Å². The number of aromatic nitrogens is 4. The van der Waals surface area contributed by atoms with Gasteiger partial charge in [-0.05, 0) is 48.5 Å². The van der Waals surface area contributed by atoms with Gasteiger partial charge in [0.15, 0.2) is 11.6 Å². The van der Waals surface area contributed by atoms with E-state index in [0.717, 1.165) is 0 Å². The summed E-state index contributed by atoms with van der Waals surface area (Å²) in [5, 5.41) is 30.3. The van der Waals surface area contributed by atoms with Gasteiger partial charge in [0.2, 0.25) is 0 Å². The Morgan fingerprint density at radius 1 is 0.543 bits per heavy atom. The molecule has 0 spiro atoms. The number of para-hydroxylation sites is 2. The summed E-state index contributed by atoms with van der Waals surface area (Å²) in [6, 6.07) is 22.1. The number of aromatic hydroxyl groups is 3. The summed E-state index contributed by atoms with van der Waals surface area (Å²) in [4.78, 5) is 17.9. The lowest BCUT2D eigenvalue weighted by Crippen LogP contribution is -1.99. The molecular weight excluding hydrogens is 440 g/mol. The second-order valence-corrected chi connectivity index (χ2v) is 7.59. The molecule has 7 heteroatoms. The summed E-state index contributed by atoms with van der Waals surface area (Å²) >= 11 is 0. The summed E-state index contributed by atoms with van der Waals surface area (Å²) in [6.45, 7) is 0. The zero-order valence-electron chi connectivity index (χ0n) is 18.3.